The Hall–Kier alpha value is -1.98. The molecule has 0 N–H and O–H groups in total. The number of halogens is 1. The number of benzene rings is 1. The Bertz CT molecular complexity index is 447. The average Bonchev–Trinajstić information content (AvgIpc) is 2.28. The molecular formula is C11H12FNO4. The Labute approximate surface area is 97.3 Å². The number of carbonyl (C=O) groups is 1. The van der Waals surface area contributed by atoms with Gasteiger partial charge in [0.1, 0.15) is 0 Å². The molecular weight excluding hydrogens is 229 g/mol. The lowest BCUT2D eigenvalue weighted by Gasteiger charge is -2.10. The van der Waals surface area contributed by atoms with Crippen LogP contribution in [0.4, 0.5) is 10.1 Å². The monoisotopic (exact) mass is 241 g/mol. The first kappa shape index (κ1) is 13.1. The van der Waals surface area contributed by atoms with Crippen molar-refractivity contribution in [2.45, 2.75) is 26.4 Å². The topological polar surface area (TPSA) is 69.4 Å². The minimum atomic E-state index is -1.05. The van der Waals surface area contributed by atoms with E-state index in [4.69, 9.17) is 4.74 Å². The van der Waals surface area contributed by atoms with Crippen molar-refractivity contribution < 1.29 is 18.8 Å². The number of nitrogens with zero attached hydrogens (tertiary/aromatic N) is 1. The van der Waals surface area contributed by atoms with Crippen LogP contribution in [0, 0.1) is 15.9 Å². The molecule has 0 aromatic heterocycles. The van der Waals surface area contributed by atoms with Gasteiger partial charge in [-0.05, 0) is 25.5 Å². The molecule has 0 aliphatic rings. The van der Waals surface area contributed by atoms with Gasteiger partial charge in [0.15, 0.2) is 0 Å². The van der Waals surface area contributed by atoms with Crippen LogP contribution in [-0.4, -0.2) is 17.0 Å². The van der Waals surface area contributed by atoms with Crippen molar-refractivity contribution in [3.8, 4) is 0 Å². The molecule has 1 rings (SSSR count). The van der Waals surface area contributed by atoms with Crippen LogP contribution in [0.3, 0.4) is 0 Å². The fourth-order valence-electron chi connectivity index (χ4n) is 1.12. The molecule has 0 bridgehead atoms. The number of ether oxygens (including phenoxy) is 1. The van der Waals surface area contributed by atoms with Gasteiger partial charge >= 0.3 is 11.7 Å². The zero-order valence-corrected chi connectivity index (χ0v) is 9.47. The van der Waals surface area contributed by atoms with Gasteiger partial charge in [-0.15, -0.1) is 0 Å². The second-order valence-electron chi connectivity index (χ2n) is 3.55. The summed E-state index contributed by atoms with van der Waals surface area (Å²) in [6.07, 6.45) is 0.363. The Morgan fingerprint density at radius 1 is 1.59 bits per heavy atom. The van der Waals surface area contributed by atoms with Crippen molar-refractivity contribution in [2.75, 3.05) is 0 Å². The molecule has 1 aromatic rings. The molecule has 0 heterocycles. The summed E-state index contributed by atoms with van der Waals surface area (Å²) in [5, 5.41) is 10.4. The summed E-state index contributed by atoms with van der Waals surface area (Å²) < 4.78 is 18.2. The van der Waals surface area contributed by atoms with Crippen molar-refractivity contribution in [2.24, 2.45) is 0 Å². The number of rotatable bonds is 4. The van der Waals surface area contributed by atoms with Gasteiger partial charge in [0.25, 0.3) is 0 Å². The van der Waals surface area contributed by atoms with Crippen LogP contribution in [0.5, 0.6) is 0 Å². The van der Waals surface area contributed by atoms with Crippen molar-refractivity contribution in [3.05, 3.63) is 39.7 Å². The Morgan fingerprint density at radius 3 is 2.71 bits per heavy atom. The molecule has 92 valence electrons. The molecule has 1 unspecified atom stereocenters. The quantitative estimate of drug-likeness (QED) is 0.461. The van der Waals surface area contributed by atoms with Gasteiger partial charge in [0.05, 0.1) is 16.6 Å². The van der Waals surface area contributed by atoms with E-state index in [1.165, 1.54) is 6.07 Å². The normalized spacial score (nSPS) is 11.9. The third-order valence-electron chi connectivity index (χ3n) is 2.26. The first-order valence-electron chi connectivity index (χ1n) is 5.10. The number of nitro groups is 1. The van der Waals surface area contributed by atoms with Gasteiger partial charge in [-0.2, -0.15) is 4.39 Å². The largest absolute Gasteiger partial charge is 0.459 e. The van der Waals surface area contributed by atoms with Crippen LogP contribution >= 0.6 is 0 Å². The van der Waals surface area contributed by atoms with Gasteiger partial charge in [0, 0.05) is 6.07 Å². The molecule has 0 saturated heterocycles. The van der Waals surface area contributed by atoms with E-state index >= 15 is 0 Å². The van der Waals surface area contributed by atoms with Gasteiger partial charge < -0.3 is 4.74 Å². The smallest absolute Gasteiger partial charge is 0.338 e. The van der Waals surface area contributed by atoms with Gasteiger partial charge in [-0.3, -0.25) is 10.1 Å². The molecule has 1 aromatic carbocycles. The van der Waals surface area contributed by atoms with Crippen LogP contribution in [0.2, 0.25) is 0 Å². The fourth-order valence-corrected chi connectivity index (χ4v) is 1.12. The van der Waals surface area contributed by atoms with E-state index in [0.29, 0.717) is 6.42 Å². The minimum absolute atomic E-state index is 0.0339. The molecule has 0 aliphatic heterocycles. The summed E-state index contributed by atoms with van der Waals surface area (Å²) in [6, 6.07) is 2.93. The van der Waals surface area contributed by atoms with Crippen LogP contribution in [-0.2, 0) is 4.74 Å². The molecule has 5 nitrogen and oxygen atoms in total. The predicted molar refractivity (Wildman–Crippen MR) is 58.2 cm³/mol. The van der Waals surface area contributed by atoms with E-state index in [1.54, 1.807) is 6.92 Å². The number of nitro benzene ring substituents is 1. The highest BCUT2D eigenvalue weighted by molar-refractivity contribution is 5.89. The van der Waals surface area contributed by atoms with Crippen LogP contribution in [0.1, 0.15) is 30.6 Å². The summed E-state index contributed by atoms with van der Waals surface area (Å²) in [5.74, 6) is -1.73. The second kappa shape index (κ2) is 5.38. The molecule has 0 aliphatic carbocycles. The molecule has 0 radical (unpaired) electrons. The SMILES string of the molecule is CCC(C)OC(=O)c1ccc([N+](=O)[O-])c(F)c1. The summed E-state index contributed by atoms with van der Waals surface area (Å²) in [4.78, 5) is 21.0. The third-order valence-corrected chi connectivity index (χ3v) is 2.26. The third kappa shape index (κ3) is 3.24. The lowest BCUT2D eigenvalue weighted by Crippen LogP contribution is -2.14. The number of carbonyl (C=O) groups excluding carboxylic acids is 1. The maximum atomic E-state index is 13.2. The first-order valence-corrected chi connectivity index (χ1v) is 5.10. The maximum absolute atomic E-state index is 13.2. The molecule has 0 amide bonds. The predicted octanol–water partition coefficient (Wildman–Crippen LogP) is 2.69. The van der Waals surface area contributed by atoms with E-state index < -0.39 is 22.4 Å². The highest BCUT2D eigenvalue weighted by Gasteiger charge is 2.18. The van der Waals surface area contributed by atoms with E-state index in [1.807, 2.05) is 6.92 Å². The zero-order chi connectivity index (χ0) is 13.0. The van der Waals surface area contributed by atoms with Crippen LogP contribution in [0.25, 0.3) is 0 Å². The van der Waals surface area contributed by atoms with Crippen molar-refractivity contribution >= 4 is 11.7 Å². The molecule has 0 spiro atoms. The second-order valence-corrected chi connectivity index (χ2v) is 3.55. The summed E-state index contributed by atoms with van der Waals surface area (Å²) in [5.41, 5.74) is -0.696. The minimum Gasteiger partial charge on any atom is -0.459 e. The van der Waals surface area contributed by atoms with E-state index in [9.17, 15) is 19.3 Å². The first-order chi connectivity index (χ1) is 7.95. The lowest BCUT2D eigenvalue weighted by atomic mass is 10.2. The standard InChI is InChI=1S/C11H12FNO4/c1-3-7(2)17-11(14)8-4-5-10(13(15)16)9(12)6-8/h4-7H,3H2,1-2H3. The summed E-state index contributed by atoms with van der Waals surface area (Å²) in [7, 11) is 0. The molecule has 0 fully saturated rings. The number of hydrogen-bond donors (Lipinski definition) is 0. The summed E-state index contributed by atoms with van der Waals surface area (Å²) in [6.45, 7) is 3.55. The number of esters is 1. The van der Waals surface area contributed by atoms with Crippen molar-refractivity contribution in [3.63, 3.8) is 0 Å². The van der Waals surface area contributed by atoms with E-state index in [0.717, 1.165) is 12.1 Å². The lowest BCUT2D eigenvalue weighted by molar-refractivity contribution is -0.387. The van der Waals surface area contributed by atoms with E-state index in [2.05, 4.69) is 0 Å². The van der Waals surface area contributed by atoms with Gasteiger partial charge in [0.2, 0.25) is 5.82 Å². The molecule has 1 atom stereocenters. The Kier molecular flexibility index (Phi) is 4.14. The van der Waals surface area contributed by atoms with Crippen molar-refractivity contribution in [1.29, 1.82) is 0 Å². The van der Waals surface area contributed by atoms with Crippen LogP contribution in [0.15, 0.2) is 18.2 Å². The Morgan fingerprint density at radius 2 is 2.24 bits per heavy atom. The van der Waals surface area contributed by atoms with Crippen LogP contribution < -0.4 is 0 Å². The molecule has 0 saturated carbocycles. The highest BCUT2D eigenvalue weighted by atomic mass is 19.1. The van der Waals surface area contributed by atoms with Gasteiger partial charge in [-0.1, -0.05) is 6.92 Å². The number of hydrogen-bond acceptors (Lipinski definition) is 4. The van der Waals surface area contributed by atoms with E-state index in [-0.39, 0.29) is 11.7 Å². The Balaban J connectivity index is 2.90. The summed E-state index contributed by atoms with van der Waals surface area (Å²) >= 11 is 0. The zero-order valence-electron chi connectivity index (χ0n) is 9.47. The van der Waals surface area contributed by atoms with Crippen molar-refractivity contribution in [1.82, 2.24) is 0 Å². The average molecular weight is 241 g/mol. The molecule has 17 heavy (non-hydrogen) atoms. The van der Waals surface area contributed by atoms with Gasteiger partial charge in [-0.25, -0.2) is 4.79 Å². The fraction of sp³-hybridized carbons (Fsp3) is 0.364. The highest BCUT2D eigenvalue weighted by Crippen LogP contribution is 2.18. The maximum Gasteiger partial charge on any atom is 0.338 e. The molecule has 6 heteroatoms.